The summed E-state index contributed by atoms with van der Waals surface area (Å²) in [5.41, 5.74) is 18.6. The van der Waals surface area contributed by atoms with E-state index in [4.69, 9.17) is 14.4 Å². The lowest BCUT2D eigenvalue weighted by atomic mass is 9.84. The number of pyridine rings is 1. The predicted molar refractivity (Wildman–Crippen MR) is 280 cm³/mol. The Bertz CT molecular complexity index is 3870. The minimum atomic E-state index is -0.136. The lowest BCUT2D eigenvalue weighted by Gasteiger charge is -2.21. The zero-order chi connectivity index (χ0) is 45.6. The molecule has 8 aromatic carbocycles. The number of furan rings is 1. The molecule has 0 atom stereocenters. The highest BCUT2D eigenvalue weighted by molar-refractivity contribution is 6.13. The Balaban J connectivity index is 1.17. The smallest absolute Gasteiger partial charge is 0.161 e. The average molecular weight is 867 g/mol. The van der Waals surface area contributed by atoms with E-state index in [9.17, 15) is 0 Å². The molecular formula is C62H50N4O. The Kier molecular flexibility index (Phi) is 9.24. The first-order valence-corrected chi connectivity index (χ1v) is 23.2. The van der Waals surface area contributed by atoms with Crippen molar-refractivity contribution in [3.8, 4) is 61.7 Å². The van der Waals surface area contributed by atoms with Crippen LogP contribution in [0.15, 0.2) is 193 Å². The number of nitrogens with zero attached hydrogens (tertiary/aromatic N) is 3. The van der Waals surface area contributed by atoms with Crippen molar-refractivity contribution in [2.75, 3.05) is 0 Å². The Morgan fingerprint density at radius 3 is 1.94 bits per heavy atom. The molecule has 0 bridgehead atoms. The molecule has 0 aliphatic heterocycles. The van der Waals surface area contributed by atoms with Crippen LogP contribution >= 0.6 is 0 Å². The number of benzene rings is 8. The number of hydrogen-bond donors (Lipinski definition) is 1. The molecule has 5 nitrogen and oxygen atoms in total. The number of nitrogens with one attached hydrogen (secondary N) is 1. The number of hydrogen-bond acceptors (Lipinski definition) is 3. The Hall–Kier alpha value is -8.02. The molecule has 0 saturated carbocycles. The molecule has 0 radical (unpaired) electrons. The third-order valence-corrected chi connectivity index (χ3v) is 13.5. The van der Waals surface area contributed by atoms with Crippen LogP contribution in [0.3, 0.4) is 0 Å². The van der Waals surface area contributed by atoms with Crippen LogP contribution in [0.5, 0.6) is 0 Å². The van der Waals surface area contributed by atoms with Crippen molar-refractivity contribution in [2.45, 2.75) is 52.4 Å². The van der Waals surface area contributed by atoms with Crippen molar-refractivity contribution < 1.29 is 4.42 Å². The molecule has 0 unspecified atom stereocenters. The number of H-pyrrole nitrogens is 1. The van der Waals surface area contributed by atoms with Crippen molar-refractivity contribution in [1.82, 2.24) is 19.5 Å². The molecule has 5 heteroatoms. The van der Waals surface area contributed by atoms with Gasteiger partial charge < -0.3 is 9.40 Å². The second-order valence-corrected chi connectivity index (χ2v) is 20.0. The number of imidazole rings is 1. The second-order valence-electron chi connectivity index (χ2n) is 20.0. The van der Waals surface area contributed by atoms with E-state index in [2.05, 4.69) is 221 Å². The van der Waals surface area contributed by atoms with E-state index < -0.39 is 0 Å². The second kappa shape index (κ2) is 15.3. The average Bonchev–Trinajstić information content (AvgIpc) is 4.05. The highest BCUT2D eigenvalue weighted by atomic mass is 16.3. The summed E-state index contributed by atoms with van der Waals surface area (Å²) in [7, 11) is 0. The van der Waals surface area contributed by atoms with Gasteiger partial charge in [0.15, 0.2) is 5.58 Å². The van der Waals surface area contributed by atoms with E-state index in [0.29, 0.717) is 0 Å². The zero-order valence-corrected chi connectivity index (χ0v) is 38.6. The molecule has 324 valence electrons. The number of para-hydroxylation sites is 3. The molecule has 4 aromatic heterocycles. The maximum Gasteiger partial charge on any atom is 0.161 e. The maximum absolute atomic E-state index is 6.60. The first-order chi connectivity index (χ1) is 32.5. The molecule has 0 fully saturated rings. The summed E-state index contributed by atoms with van der Waals surface area (Å²) in [5, 5.41) is 4.55. The molecule has 0 aliphatic rings. The van der Waals surface area contributed by atoms with Crippen LogP contribution in [-0.4, -0.2) is 19.5 Å². The fourth-order valence-corrected chi connectivity index (χ4v) is 9.94. The van der Waals surface area contributed by atoms with Crippen LogP contribution in [0.25, 0.3) is 116 Å². The van der Waals surface area contributed by atoms with Gasteiger partial charge in [-0.25, -0.2) is 4.98 Å². The number of aromatic amines is 1. The quantitative estimate of drug-likeness (QED) is 0.181. The van der Waals surface area contributed by atoms with Crippen molar-refractivity contribution in [3.05, 3.63) is 199 Å². The van der Waals surface area contributed by atoms with Crippen LogP contribution in [0, 0.1) is 0 Å². The highest BCUT2D eigenvalue weighted by Gasteiger charge is 2.27. The fourth-order valence-electron chi connectivity index (χ4n) is 9.94. The first-order valence-electron chi connectivity index (χ1n) is 23.2. The summed E-state index contributed by atoms with van der Waals surface area (Å²) < 4.78 is 8.99. The summed E-state index contributed by atoms with van der Waals surface area (Å²) in [4.78, 5) is 14.8. The Morgan fingerprint density at radius 1 is 0.478 bits per heavy atom. The topological polar surface area (TPSA) is 59.6 Å². The summed E-state index contributed by atoms with van der Waals surface area (Å²) in [6.45, 7) is 13.8. The lowest BCUT2D eigenvalue weighted by molar-refractivity contribution is 0.590. The van der Waals surface area contributed by atoms with Crippen LogP contribution in [0.1, 0.15) is 52.7 Å². The van der Waals surface area contributed by atoms with Gasteiger partial charge in [-0.05, 0) is 111 Å². The molecule has 0 saturated heterocycles. The SMILES string of the molecule is CC(C)(C)c1ccc2[nH]c3c(-c4nc5c(-c6cc(-c7ccccc7)cc(-c7nccc8c7oc7ccccc78)c6)cccc5n4-c4ccccc4-c4ccccc4)cc(C(C)(C)C)cc3c2c1. The summed E-state index contributed by atoms with van der Waals surface area (Å²) >= 11 is 0. The summed E-state index contributed by atoms with van der Waals surface area (Å²) in [6, 6.07) is 65.4. The summed E-state index contributed by atoms with van der Waals surface area (Å²) in [5.74, 6) is 0.873. The highest BCUT2D eigenvalue weighted by Crippen LogP contribution is 2.45. The summed E-state index contributed by atoms with van der Waals surface area (Å²) in [6.07, 6.45) is 1.90. The van der Waals surface area contributed by atoms with Gasteiger partial charge in [-0.3, -0.25) is 9.55 Å². The van der Waals surface area contributed by atoms with E-state index in [0.717, 1.165) is 106 Å². The molecular weight excluding hydrogens is 817 g/mol. The van der Waals surface area contributed by atoms with Gasteiger partial charge in [0.25, 0.3) is 0 Å². The van der Waals surface area contributed by atoms with Gasteiger partial charge in [0.05, 0.1) is 22.2 Å². The van der Waals surface area contributed by atoms with Crippen LogP contribution < -0.4 is 0 Å². The zero-order valence-electron chi connectivity index (χ0n) is 38.6. The molecule has 1 N–H and O–H groups in total. The van der Waals surface area contributed by atoms with Crippen LogP contribution in [0.2, 0.25) is 0 Å². The van der Waals surface area contributed by atoms with E-state index in [1.165, 1.54) is 21.9 Å². The molecule has 12 aromatic rings. The van der Waals surface area contributed by atoms with Gasteiger partial charge in [-0.15, -0.1) is 0 Å². The van der Waals surface area contributed by atoms with E-state index in [1.54, 1.807) is 0 Å². The van der Waals surface area contributed by atoms with Gasteiger partial charge >= 0.3 is 0 Å². The van der Waals surface area contributed by atoms with Crippen molar-refractivity contribution in [1.29, 1.82) is 0 Å². The predicted octanol–water partition coefficient (Wildman–Crippen LogP) is 16.9. The third kappa shape index (κ3) is 6.84. The van der Waals surface area contributed by atoms with Crippen molar-refractivity contribution in [2.24, 2.45) is 0 Å². The van der Waals surface area contributed by atoms with Gasteiger partial charge in [0.2, 0.25) is 0 Å². The molecule has 12 rings (SSSR count). The standard InChI is InChI=1S/C62H50N4O/c1-61(2,3)43-28-29-52-49(35-43)50-36-44(62(4,5)6)37-51(57(50)64-52)60-65-58-46(24-17-26-54(58)66(60)53-25-15-13-22-45(53)39-20-11-8-12-21-39)41-32-40(38-18-9-7-10-19-38)33-42(34-41)56-59-48(30-31-63-56)47-23-14-16-27-55(47)67-59/h7-37,64H,1-6H3. The van der Waals surface area contributed by atoms with E-state index >= 15 is 0 Å². The normalized spacial score (nSPS) is 12.3. The molecule has 67 heavy (non-hydrogen) atoms. The van der Waals surface area contributed by atoms with Gasteiger partial charge in [-0.1, -0.05) is 157 Å². The minimum absolute atomic E-state index is 0.0000981. The van der Waals surface area contributed by atoms with E-state index in [-0.39, 0.29) is 10.8 Å². The molecule has 0 aliphatic carbocycles. The van der Waals surface area contributed by atoms with Crippen LogP contribution in [0.4, 0.5) is 0 Å². The third-order valence-electron chi connectivity index (χ3n) is 13.5. The van der Waals surface area contributed by atoms with Gasteiger partial charge in [0, 0.05) is 55.5 Å². The minimum Gasteiger partial charge on any atom is -0.454 e. The number of rotatable bonds is 6. The fraction of sp³-hybridized carbons (Fsp3) is 0.129. The van der Waals surface area contributed by atoms with E-state index in [1.807, 2.05) is 18.3 Å². The van der Waals surface area contributed by atoms with Crippen molar-refractivity contribution >= 4 is 54.8 Å². The molecule has 0 amide bonds. The van der Waals surface area contributed by atoms with Crippen LogP contribution in [-0.2, 0) is 10.8 Å². The monoisotopic (exact) mass is 866 g/mol. The number of fused-ring (bicyclic) bond motifs is 7. The Morgan fingerprint density at radius 2 is 1.15 bits per heavy atom. The molecule has 0 spiro atoms. The van der Waals surface area contributed by atoms with Gasteiger partial charge in [-0.2, -0.15) is 0 Å². The van der Waals surface area contributed by atoms with Gasteiger partial charge in [0.1, 0.15) is 17.1 Å². The lowest BCUT2D eigenvalue weighted by Crippen LogP contribution is -2.11. The first kappa shape index (κ1) is 40.5. The Labute approximate surface area is 390 Å². The number of aromatic nitrogens is 4. The molecule has 4 heterocycles. The maximum atomic E-state index is 6.60. The van der Waals surface area contributed by atoms with Crippen molar-refractivity contribution in [3.63, 3.8) is 0 Å². The largest absolute Gasteiger partial charge is 0.454 e.